The number of benzene rings is 1. The first-order chi connectivity index (χ1) is 9.16. The van der Waals surface area contributed by atoms with Crippen molar-refractivity contribution in [1.82, 2.24) is 14.9 Å². The third-order valence-electron chi connectivity index (χ3n) is 3.78. The van der Waals surface area contributed by atoms with E-state index in [-0.39, 0.29) is 0 Å². The SMILES string of the molecule is Cc1cc(-n2cncc2C2CCCN2)cc(C)c1Br. The number of halogens is 1. The van der Waals surface area contributed by atoms with E-state index in [1.165, 1.54) is 39.8 Å². The van der Waals surface area contributed by atoms with E-state index in [1.807, 2.05) is 12.5 Å². The zero-order valence-electron chi connectivity index (χ0n) is 11.3. The molecule has 0 radical (unpaired) electrons. The second-order valence-corrected chi connectivity index (χ2v) is 6.02. The first kappa shape index (κ1) is 12.9. The minimum Gasteiger partial charge on any atom is -0.309 e. The molecule has 1 aromatic carbocycles. The van der Waals surface area contributed by atoms with Crippen LogP contribution >= 0.6 is 15.9 Å². The molecule has 1 saturated heterocycles. The van der Waals surface area contributed by atoms with Crippen LogP contribution in [0.5, 0.6) is 0 Å². The molecule has 1 fully saturated rings. The van der Waals surface area contributed by atoms with Crippen molar-refractivity contribution >= 4 is 15.9 Å². The summed E-state index contributed by atoms with van der Waals surface area (Å²) in [6.07, 6.45) is 6.33. The summed E-state index contributed by atoms with van der Waals surface area (Å²) in [6.45, 7) is 5.37. The zero-order valence-corrected chi connectivity index (χ0v) is 12.9. The highest BCUT2D eigenvalue weighted by atomic mass is 79.9. The van der Waals surface area contributed by atoms with Crippen molar-refractivity contribution in [2.45, 2.75) is 32.7 Å². The van der Waals surface area contributed by atoms with Gasteiger partial charge in [-0.1, -0.05) is 15.9 Å². The van der Waals surface area contributed by atoms with E-state index in [9.17, 15) is 0 Å². The number of nitrogens with zero attached hydrogens (tertiary/aromatic N) is 2. The van der Waals surface area contributed by atoms with Crippen LogP contribution in [0.3, 0.4) is 0 Å². The van der Waals surface area contributed by atoms with Crippen LogP contribution in [0.1, 0.15) is 35.7 Å². The highest BCUT2D eigenvalue weighted by molar-refractivity contribution is 9.10. The topological polar surface area (TPSA) is 29.9 Å². The predicted octanol–water partition coefficient (Wildman–Crippen LogP) is 3.68. The number of aromatic nitrogens is 2. The number of hydrogen-bond acceptors (Lipinski definition) is 2. The van der Waals surface area contributed by atoms with Gasteiger partial charge in [-0.05, 0) is 56.5 Å². The normalized spacial score (nSPS) is 19.0. The minimum absolute atomic E-state index is 0.437. The fourth-order valence-electron chi connectivity index (χ4n) is 2.78. The van der Waals surface area contributed by atoms with Crippen molar-refractivity contribution in [3.05, 3.63) is 46.0 Å². The number of aryl methyl sites for hydroxylation is 2. The molecule has 2 aromatic rings. The molecule has 19 heavy (non-hydrogen) atoms. The smallest absolute Gasteiger partial charge is 0.0994 e. The maximum Gasteiger partial charge on any atom is 0.0994 e. The van der Waals surface area contributed by atoms with E-state index in [4.69, 9.17) is 0 Å². The van der Waals surface area contributed by atoms with Gasteiger partial charge >= 0.3 is 0 Å². The van der Waals surface area contributed by atoms with E-state index in [0.717, 1.165) is 6.54 Å². The summed E-state index contributed by atoms with van der Waals surface area (Å²) < 4.78 is 3.40. The van der Waals surface area contributed by atoms with Crippen molar-refractivity contribution in [2.75, 3.05) is 6.54 Å². The fourth-order valence-corrected chi connectivity index (χ4v) is 3.01. The molecule has 0 aliphatic carbocycles. The minimum atomic E-state index is 0.437. The van der Waals surface area contributed by atoms with Crippen LogP contribution in [-0.4, -0.2) is 16.1 Å². The average molecular weight is 320 g/mol. The number of imidazole rings is 1. The highest BCUT2D eigenvalue weighted by Crippen LogP contribution is 2.28. The van der Waals surface area contributed by atoms with Gasteiger partial charge in [0.25, 0.3) is 0 Å². The van der Waals surface area contributed by atoms with Crippen LogP contribution in [-0.2, 0) is 0 Å². The average Bonchev–Trinajstić information content (AvgIpc) is 3.04. The Morgan fingerprint density at radius 2 is 2.05 bits per heavy atom. The van der Waals surface area contributed by atoms with Crippen LogP contribution < -0.4 is 5.32 Å². The Kier molecular flexibility index (Phi) is 3.46. The molecular formula is C15H18BrN3. The van der Waals surface area contributed by atoms with Crippen LogP contribution in [0.15, 0.2) is 29.1 Å². The van der Waals surface area contributed by atoms with Crippen LogP contribution in [0, 0.1) is 13.8 Å². The standard InChI is InChI=1S/C15H18BrN3/c1-10-6-12(7-11(2)15(10)16)19-9-17-8-14(19)13-4-3-5-18-13/h6-9,13,18H,3-5H2,1-2H3. The summed E-state index contributed by atoms with van der Waals surface area (Å²) in [4.78, 5) is 4.34. The lowest BCUT2D eigenvalue weighted by Crippen LogP contribution is -2.16. The molecule has 0 bridgehead atoms. The Morgan fingerprint density at radius 3 is 2.68 bits per heavy atom. The predicted molar refractivity (Wildman–Crippen MR) is 80.7 cm³/mol. The van der Waals surface area contributed by atoms with E-state index in [2.05, 4.69) is 56.8 Å². The first-order valence-corrected chi connectivity index (χ1v) is 7.49. The maximum absolute atomic E-state index is 4.34. The quantitative estimate of drug-likeness (QED) is 0.915. The third-order valence-corrected chi connectivity index (χ3v) is 5.03. The lowest BCUT2D eigenvalue weighted by Gasteiger charge is -2.15. The van der Waals surface area contributed by atoms with Gasteiger partial charge in [0.2, 0.25) is 0 Å². The van der Waals surface area contributed by atoms with E-state index in [1.54, 1.807) is 0 Å². The molecule has 1 N–H and O–H groups in total. The second-order valence-electron chi connectivity index (χ2n) is 5.23. The van der Waals surface area contributed by atoms with Gasteiger partial charge in [-0.3, -0.25) is 0 Å². The Morgan fingerprint density at radius 1 is 1.32 bits per heavy atom. The van der Waals surface area contributed by atoms with Gasteiger partial charge in [-0.25, -0.2) is 4.98 Å². The molecule has 2 heterocycles. The van der Waals surface area contributed by atoms with Crippen molar-refractivity contribution < 1.29 is 0 Å². The van der Waals surface area contributed by atoms with Crippen molar-refractivity contribution in [3.8, 4) is 5.69 Å². The van der Waals surface area contributed by atoms with Gasteiger partial charge < -0.3 is 9.88 Å². The largest absolute Gasteiger partial charge is 0.309 e. The van der Waals surface area contributed by atoms with Crippen LogP contribution in [0.4, 0.5) is 0 Å². The molecule has 3 nitrogen and oxygen atoms in total. The monoisotopic (exact) mass is 319 g/mol. The highest BCUT2D eigenvalue weighted by Gasteiger charge is 2.20. The van der Waals surface area contributed by atoms with Gasteiger partial charge in [0.05, 0.1) is 18.2 Å². The molecule has 3 rings (SSSR count). The zero-order chi connectivity index (χ0) is 13.4. The summed E-state index contributed by atoms with van der Waals surface area (Å²) in [5.41, 5.74) is 4.97. The molecule has 0 amide bonds. The Labute approximate surface area is 122 Å². The molecule has 1 unspecified atom stereocenters. The molecule has 0 spiro atoms. The summed E-state index contributed by atoms with van der Waals surface area (Å²) in [7, 11) is 0. The van der Waals surface area contributed by atoms with Gasteiger partial charge in [-0.15, -0.1) is 0 Å². The van der Waals surface area contributed by atoms with Crippen LogP contribution in [0.25, 0.3) is 5.69 Å². The molecule has 0 saturated carbocycles. The lowest BCUT2D eigenvalue weighted by atomic mass is 10.1. The number of rotatable bonds is 2. The first-order valence-electron chi connectivity index (χ1n) is 6.69. The van der Waals surface area contributed by atoms with Crippen molar-refractivity contribution in [2.24, 2.45) is 0 Å². The molecular weight excluding hydrogens is 302 g/mol. The number of nitrogens with one attached hydrogen (secondary N) is 1. The summed E-state index contributed by atoms with van der Waals surface area (Å²) >= 11 is 3.62. The van der Waals surface area contributed by atoms with Crippen LogP contribution in [0.2, 0.25) is 0 Å². The van der Waals surface area contributed by atoms with Gasteiger partial charge in [0.1, 0.15) is 0 Å². The summed E-state index contributed by atoms with van der Waals surface area (Å²) in [5, 5.41) is 3.54. The van der Waals surface area contributed by atoms with Gasteiger partial charge in [-0.2, -0.15) is 0 Å². The summed E-state index contributed by atoms with van der Waals surface area (Å²) in [5.74, 6) is 0. The van der Waals surface area contributed by atoms with Crippen molar-refractivity contribution in [3.63, 3.8) is 0 Å². The van der Waals surface area contributed by atoms with E-state index in [0.29, 0.717) is 6.04 Å². The molecule has 1 aromatic heterocycles. The molecule has 1 aliphatic rings. The van der Waals surface area contributed by atoms with Crippen molar-refractivity contribution in [1.29, 1.82) is 0 Å². The molecule has 4 heteroatoms. The van der Waals surface area contributed by atoms with Gasteiger partial charge in [0, 0.05) is 16.2 Å². The Balaban J connectivity index is 2.05. The maximum atomic E-state index is 4.34. The second kappa shape index (κ2) is 5.10. The van der Waals surface area contributed by atoms with Gasteiger partial charge in [0.15, 0.2) is 0 Å². The molecule has 100 valence electrons. The third kappa shape index (κ3) is 2.35. The summed E-state index contributed by atoms with van der Waals surface area (Å²) in [6, 6.07) is 4.85. The Hall–Kier alpha value is -1.13. The van der Waals surface area contributed by atoms with E-state index >= 15 is 0 Å². The lowest BCUT2D eigenvalue weighted by molar-refractivity contribution is 0.615. The molecule has 1 aliphatic heterocycles. The number of hydrogen-bond donors (Lipinski definition) is 1. The van der Waals surface area contributed by atoms with E-state index < -0.39 is 0 Å². The Bertz CT molecular complexity index is 574. The molecule has 1 atom stereocenters. The fraction of sp³-hybridized carbons (Fsp3) is 0.400.